The summed E-state index contributed by atoms with van der Waals surface area (Å²) < 4.78 is 5.98. The summed E-state index contributed by atoms with van der Waals surface area (Å²) in [6, 6.07) is 8.93. The van der Waals surface area contributed by atoms with E-state index in [4.69, 9.17) is 16.3 Å². The van der Waals surface area contributed by atoms with Crippen LogP contribution in [0, 0.1) is 5.92 Å². The van der Waals surface area contributed by atoms with E-state index in [0.717, 1.165) is 5.56 Å². The number of aromatic nitrogens is 2. The van der Waals surface area contributed by atoms with Crippen LogP contribution in [0.2, 0.25) is 5.02 Å². The molecule has 1 N–H and O–H groups in total. The van der Waals surface area contributed by atoms with Crippen molar-refractivity contribution in [1.82, 2.24) is 9.97 Å². The molecule has 0 saturated heterocycles. The van der Waals surface area contributed by atoms with Crippen molar-refractivity contribution in [2.24, 2.45) is 5.92 Å². The van der Waals surface area contributed by atoms with Crippen molar-refractivity contribution < 1.29 is 9.53 Å². The highest BCUT2D eigenvalue weighted by atomic mass is 35.5. The molecule has 0 aliphatic heterocycles. The molecule has 0 unspecified atom stereocenters. The van der Waals surface area contributed by atoms with Crippen LogP contribution >= 0.6 is 22.9 Å². The fraction of sp³-hybridized carbons (Fsp3) is 0.278. The Bertz CT molecular complexity index is 947. The molecule has 2 heterocycles. The van der Waals surface area contributed by atoms with E-state index >= 15 is 0 Å². The summed E-state index contributed by atoms with van der Waals surface area (Å²) in [5, 5.41) is 2.42. The highest BCUT2D eigenvalue weighted by Crippen LogP contribution is 2.27. The zero-order valence-corrected chi connectivity index (χ0v) is 15.4. The van der Waals surface area contributed by atoms with Gasteiger partial charge in [-0.2, -0.15) is 0 Å². The molecule has 130 valence electrons. The third-order valence-corrected chi connectivity index (χ3v) is 5.02. The van der Waals surface area contributed by atoms with Crippen LogP contribution in [0.1, 0.15) is 31.2 Å². The number of carbonyl (C=O) groups excluding carboxylic acids is 1. The second kappa shape index (κ2) is 7.37. The lowest BCUT2D eigenvalue weighted by Gasteiger charge is -2.19. The normalized spacial score (nSPS) is 12.5. The highest BCUT2D eigenvalue weighted by molar-refractivity contribution is 7.17. The largest absolute Gasteiger partial charge is 0.457 e. The van der Waals surface area contributed by atoms with Gasteiger partial charge in [0.2, 0.25) is 0 Å². The van der Waals surface area contributed by atoms with Gasteiger partial charge in [0, 0.05) is 5.02 Å². The Labute approximate surface area is 153 Å². The van der Waals surface area contributed by atoms with Crippen molar-refractivity contribution in [2.75, 3.05) is 0 Å². The van der Waals surface area contributed by atoms with Gasteiger partial charge in [0.1, 0.15) is 17.1 Å². The van der Waals surface area contributed by atoms with E-state index in [9.17, 15) is 9.59 Å². The maximum absolute atomic E-state index is 12.6. The first-order chi connectivity index (χ1) is 12.0. The lowest BCUT2D eigenvalue weighted by atomic mass is 9.88. The van der Waals surface area contributed by atoms with Crippen molar-refractivity contribution in [2.45, 2.75) is 26.4 Å². The van der Waals surface area contributed by atoms with Crippen LogP contribution < -0.4 is 5.56 Å². The van der Waals surface area contributed by atoms with E-state index in [1.807, 2.05) is 26.0 Å². The van der Waals surface area contributed by atoms with Crippen LogP contribution in [-0.4, -0.2) is 15.9 Å². The Morgan fingerprint density at radius 1 is 1.28 bits per heavy atom. The van der Waals surface area contributed by atoms with E-state index in [0.29, 0.717) is 21.1 Å². The maximum atomic E-state index is 12.6. The number of halogens is 1. The third kappa shape index (κ3) is 3.91. The van der Waals surface area contributed by atoms with Gasteiger partial charge >= 0.3 is 5.97 Å². The van der Waals surface area contributed by atoms with Crippen molar-refractivity contribution in [3.63, 3.8) is 0 Å². The molecule has 0 amide bonds. The number of H-pyrrole nitrogens is 1. The van der Waals surface area contributed by atoms with Gasteiger partial charge in [-0.1, -0.05) is 37.6 Å². The summed E-state index contributed by atoms with van der Waals surface area (Å²) in [6.07, 6.45) is 0. The minimum absolute atomic E-state index is 0.0556. The Morgan fingerprint density at radius 2 is 2.00 bits per heavy atom. The van der Waals surface area contributed by atoms with Gasteiger partial charge in [0.05, 0.1) is 11.4 Å². The van der Waals surface area contributed by atoms with Crippen molar-refractivity contribution in [3.05, 3.63) is 62.5 Å². The van der Waals surface area contributed by atoms with E-state index in [1.165, 1.54) is 11.3 Å². The number of benzene rings is 1. The minimum Gasteiger partial charge on any atom is -0.457 e. The molecule has 3 aromatic rings. The SMILES string of the molecule is CC(C)[C@@H](C(=O)OCc1nc2ccsc2c(=O)[nH]1)c1ccc(Cl)cc1. The number of ether oxygens (including phenoxy) is 1. The number of nitrogens with zero attached hydrogens (tertiary/aromatic N) is 1. The van der Waals surface area contributed by atoms with Gasteiger partial charge in [-0.3, -0.25) is 9.59 Å². The van der Waals surface area contributed by atoms with Crippen LogP contribution in [0.5, 0.6) is 0 Å². The molecule has 0 spiro atoms. The molecule has 0 fully saturated rings. The molecule has 1 atom stereocenters. The van der Waals surface area contributed by atoms with Crippen LogP contribution in [-0.2, 0) is 16.1 Å². The fourth-order valence-electron chi connectivity index (χ4n) is 2.68. The molecule has 2 aromatic heterocycles. The molecular weight excluding hydrogens is 360 g/mol. The molecule has 3 rings (SSSR count). The molecule has 0 bridgehead atoms. The number of rotatable bonds is 5. The average Bonchev–Trinajstić information content (AvgIpc) is 3.04. The number of hydrogen-bond donors (Lipinski definition) is 1. The summed E-state index contributed by atoms with van der Waals surface area (Å²) in [6.45, 7) is 3.84. The maximum Gasteiger partial charge on any atom is 0.314 e. The second-order valence-corrected chi connectivity index (χ2v) is 7.38. The molecule has 25 heavy (non-hydrogen) atoms. The van der Waals surface area contributed by atoms with Gasteiger partial charge in [0.25, 0.3) is 5.56 Å². The van der Waals surface area contributed by atoms with Gasteiger partial charge in [-0.15, -0.1) is 11.3 Å². The Morgan fingerprint density at radius 3 is 2.68 bits per heavy atom. The topological polar surface area (TPSA) is 72.0 Å². The molecule has 1 aromatic carbocycles. The third-order valence-electron chi connectivity index (χ3n) is 3.86. The molecule has 0 radical (unpaired) electrons. The van der Waals surface area contributed by atoms with E-state index in [2.05, 4.69) is 9.97 Å². The number of esters is 1. The number of hydrogen-bond acceptors (Lipinski definition) is 5. The van der Waals surface area contributed by atoms with E-state index in [-0.39, 0.29) is 24.1 Å². The monoisotopic (exact) mass is 376 g/mol. The van der Waals surface area contributed by atoms with Crippen LogP contribution in [0.3, 0.4) is 0 Å². The summed E-state index contributed by atoms with van der Waals surface area (Å²) in [7, 11) is 0. The first kappa shape index (κ1) is 17.6. The minimum atomic E-state index is -0.408. The molecular formula is C18H17ClN2O3S. The Kier molecular flexibility index (Phi) is 5.20. The quantitative estimate of drug-likeness (QED) is 0.680. The standard InChI is InChI=1S/C18H17ClN2O3S/c1-10(2)15(11-3-5-12(19)6-4-11)18(23)24-9-14-20-13-7-8-25-16(13)17(22)21-14/h3-8,10,15H,9H2,1-2H3,(H,20,21,22)/t15-/m1/s1. The number of aromatic amines is 1. The van der Waals surface area contributed by atoms with Crippen LogP contribution in [0.15, 0.2) is 40.5 Å². The number of fused-ring (bicyclic) bond motifs is 1. The van der Waals surface area contributed by atoms with E-state index in [1.54, 1.807) is 23.6 Å². The van der Waals surface area contributed by atoms with Crippen molar-refractivity contribution in [1.29, 1.82) is 0 Å². The van der Waals surface area contributed by atoms with Crippen LogP contribution in [0.4, 0.5) is 0 Å². The van der Waals surface area contributed by atoms with Gasteiger partial charge in [0.15, 0.2) is 0 Å². The van der Waals surface area contributed by atoms with Gasteiger partial charge in [-0.05, 0) is 35.1 Å². The zero-order chi connectivity index (χ0) is 18.0. The van der Waals surface area contributed by atoms with Crippen molar-refractivity contribution >= 4 is 39.1 Å². The highest BCUT2D eigenvalue weighted by Gasteiger charge is 2.26. The predicted molar refractivity (Wildman–Crippen MR) is 99.1 cm³/mol. The smallest absolute Gasteiger partial charge is 0.314 e. The first-order valence-corrected chi connectivity index (χ1v) is 9.10. The molecule has 7 heteroatoms. The molecule has 0 aliphatic rings. The first-order valence-electron chi connectivity index (χ1n) is 7.84. The van der Waals surface area contributed by atoms with Crippen molar-refractivity contribution in [3.8, 4) is 0 Å². The number of thiophene rings is 1. The summed E-state index contributed by atoms with van der Waals surface area (Å²) in [4.78, 5) is 31.5. The van der Waals surface area contributed by atoms with Gasteiger partial charge in [-0.25, -0.2) is 4.98 Å². The predicted octanol–water partition coefficient (Wildman–Crippen LogP) is 4.12. The van der Waals surface area contributed by atoms with E-state index < -0.39 is 5.92 Å². The Hall–Kier alpha value is -2.18. The average molecular weight is 377 g/mol. The number of nitrogens with one attached hydrogen (secondary N) is 1. The van der Waals surface area contributed by atoms with Crippen LogP contribution in [0.25, 0.3) is 10.2 Å². The summed E-state index contributed by atoms with van der Waals surface area (Å²) in [5.74, 6) is -0.373. The van der Waals surface area contributed by atoms with Gasteiger partial charge < -0.3 is 9.72 Å². The molecule has 5 nitrogen and oxygen atoms in total. The second-order valence-electron chi connectivity index (χ2n) is 6.03. The molecule has 0 saturated carbocycles. The lowest BCUT2D eigenvalue weighted by Crippen LogP contribution is -2.22. The Balaban J connectivity index is 1.76. The fourth-order valence-corrected chi connectivity index (χ4v) is 3.53. The summed E-state index contributed by atoms with van der Waals surface area (Å²) in [5.41, 5.74) is 1.24. The lowest BCUT2D eigenvalue weighted by molar-refractivity contribution is -0.148. The zero-order valence-electron chi connectivity index (χ0n) is 13.8. The number of carbonyl (C=O) groups is 1. The molecule has 0 aliphatic carbocycles. The summed E-state index contributed by atoms with van der Waals surface area (Å²) >= 11 is 7.24.